The largest absolute Gasteiger partial charge is 0.302 e. The van der Waals surface area contributed by atoms with Gasteiger partial charge in [-0.05, 0) is 6.42 Å². The van der Waals surface area contributed by atoms with Gasteiger partial charge in [0.2, 0.25) is 0 Å². The van der Waals surface area contributed by atoms with E-state index in [4.69, 9.17) is 4.84 Å². The lowest BCUT2D eigenvalue weighted by Gasteiger charge is -1.97. The van der Waals surface area contributed by atoms with Crippen molar-refractivity contribution in [3.8, 4) is 0 Å². The molecule has 0 radical (unpaired) electrons. The fourth-order valence-electron chi connectivity index (χ4n) is 0.526. The summed E-state index contributed by atoms with van der Waals surface area (Å²) in [5, 5.41) is 0. The third-order valence-corrected chi connectivity index (χ3v) is 0.994. The number of unbranched alkanes of at least 4 members (excludes halogenated alkanes) is 2. The van der Waals surface area contributed by atoms with Crippen LogP contribution < -0.4 is 5.48 Å². The first-order valence-electron chi connectivity index (χ1n) is 3.20. The van der Waals surface area contributed by atoms with E-state index in [0.717, 1.165) is 13.0 Å². The van der Waals surface area contributed by atoms with Gasteiger partial charge < -0.3 is 4.84 Å². The molecule has 0 aromatic heterocycles. The molecule has 0 amide bonds. The summed E-state index contributed by atoms with van der Waals surface area (Å²) in [6.07, 6.45) is 3.69. The molecule has 0 unspecified atom stereocenters. The van der Waals surface area contributed by atoms with Crippen LogP contribution >= 0.6 is 0 Å². The van der Waals surface area contributed by atoms with Crippen molar-refractivity contribution in [2.45, 2.75) is 26.2 Å². The van der Waals surface area contributed by atoms with Gasteiger partial charge in [0.15, 0.2) is 0 Å². The molecule has 0 aromatic rings. The Bertz CT molecular complexity index is 38.0. The number of nitrogens with one attached hydrogen (secondary N) is 1. The van der Waals surface area contributed by atoms with E-state index in [2.05, 4.69) is 12.4 Å². The van der Waals surface area contributed by atoms with E-state index < -0.39 is 0 Å². The standard InChI is InChI=1S/C6H15NO.BH3/c1-3-4-5-6-8-7-2;/h7H,3-6H2,1-2H3;1H3. The number of hydrogen-bond acceptors (Lipinski definition) is 2. The average Bonchev–Trinajstić information content (AvgIpc) is 1.81. The minimum atomic E-state index is 0. The van der Waals surface area contributed by atoms with E-state index in [1.165, 1.54) is 12.8 Å². The van der Waals surface area contributed by atoms with Crippen molar-refractivity contribution in [2.24, 2.45) is 0 Å². The highest BCUT2D eigenvalue weighted by molar-refractivity contribution is 5.75. The molecular weight excluding hydrogens is 113 g/mol. The van der Waals surface area contributed by atoms with Gasteiger partial charge in [0.05, 0.1) is 15.0 Å². The summed E-state index contributed by atoms with van der Waals surface area (Å²) < 4.78 is 0. The molecule has 3 heteroatoms. The average molecular weight is 131 g/mol. The Balaban J connectivity index is 0. The lowest BCUT2D eigenvalue weighted by molar-refractivity contribution is 0.0553. The van der Waals surface area contributed by atoms with Crippen LogP contribution in [-0.4, -0.2) is 22.1 Å². The van der Waals surface area contributed by atoms with E-state index in [1.54, 1.807) is 7.05 Å². The Morgan fingerprint density at radius 1 is 1.33 bits per heavy atom. The Kier molecular flexibility index (Phi) is 14.2. The number of hydroxylamine groups is 1. The van der Waals surface area contributed by atoms with E-state index >= 15 is 0 Å². The predicted molar refractivity (Wildman–Crippen MR) is 44.5 cm³/mol. The van der Waals surface area contributed by atoms with E-state index in [9.17, 15) is 0 Å². The Morgan fingerprint density at radius 2 is 2.00 bits per heavy atom. The summed E-state index contributed by atoms with van der Waals surface area (Å²) in [4.78, 5) is 4.89. The molecule has 0 aromatic carbocycles. The van der Waals surface area contributed by atoms with Crippen LogP contribution in [-0.2, 0) is 4.84 Å². The van der Waals surface area contributed by atoms with Gasteiger partial charge in [-0.3, -0.25) is 0 Å². The van der Waals surface area contributed by atoms with Crippen molar-refractivity contribution in [1.29, 1.82) is 0 Å². The Morgan fingerprint density at radius 3 is 2.44 bits per heavy atom. The fourth-order valence-corrected chi connectivity index (χ4v) is 0.526. The molecule has 0 saturated heterocycles. The quantitative estimate of drug-likeness (QED) is 0.325. The van der Waals surface area contributed by atoms with Gasteiger partial charge in [-0.15, -0.1) is 0 Å². The van der Waals surface area contributed by atoms with Crippen LogP contribution in [0.5, 0.6) is 0 Å². The van der Waals surface area contributed by atoms with Gasteiger partial charge >= 0.3 is 0 Å². The fraction of sp³-hybridized carbons (Fsp3) is 1.00. The highest BCUT2D eigenvalue weighted by Gasteiger charge is 1.82. The molecule has 0 aliphatic heterocycles. The second-order valence-corrected chi connectivity index (χ2v) is 1.76. The van der Waals surface area contributed by atoms with Gasteiger partial charge in [0.25, 0.3) is 0 Å². The van der Waals surface area contributed by atoms with Crippen LogP contribution in [0, 0.1) is 0 Å². The molecule has 56 valence electrons. The van der Waals surface area contributed by atoms with E-state index in [0.29, 0.717) is 0 Å². The van der Waals surface area contributed by atoms with Gasteiger partial charge in [0, 0.05) is 7.05 Å². The first kappa shape index (κ1) is 11.7. The maximum absolute atomic E-state index is 4.89. The lowest BCUT2D eigenvalue weighted by Crippen LogP contribution is -2.07. The maximum atomic E-state index is 4.89. The zero-order chi connectivity index (χ0) is 6.24. The summed E-state index contributed by atoms with van der Waals surface area (Å²) in [5.41, 5.74) is 2.63. The summed E-state index contributed by atoms with van der Waals surface area (Å²) in [7, 11) is 1.78. The number of hydrogen-bond donors (Lipinski definition) is 1. The SMILES string of the molecule is B.CCCCCONC. The molecule has 0 saturated carbocycles. The van der Waals surface area contributed by atoms with Crippen LogP contribution in [0.3, 0.4) is 0 Å². The van der Waals surface area contributed by atoms with Crippen molar-refractivity contribution in [2.75, 3.05) is 13.7 Å². The van der Waals surface area contributed by atoms with Crippen LogP contribution in [0.15, 0.2) is 0 Å². The minimum Gasteiger partial charge on any atom is -0.302 e. The second kappa shape index (κ2) is 10.9. The highest BCUT2D eigenvalue weighted by atomic mass is 16.6. The normalized spacial score (nSPS) is 8.67. The van der Waals surface area contributed by atoms with Crippen molar-refractivity contribution in [3.05, 3.63) is 0 Å². The summed E-state index contributed by atoms with van der Waals surface area (Å²) in [6.45, 7) is 3.02. The molecule has 0 spiro atoms. The first-order chi connectivity index (χ1) is 3.91. The zero-order valence-corrected chi connectivity index (χ0v) is 5.74. The van der Waals surface area contributed by atoms with Crippen LogP contribution in [0.2, 0.25) is 0 Å². The smallest absolute Gasteiger partial charge is 0.0814 e. The molecule has 0 heterocycles. The maximum Gasteiger partial charge on any atom is 0.0814 e. The van der Waals surface area contributed by atoms with E-state index in [1.807, 2.05) is 0 Å². The van der Waals surface area contributed by atoms with Crippen LogP contribution in [0.4, 0.5) is 0 Å². The Labute approximate surface area is 59.5 Å². The molecule has 0 fully saturated rings. The van der Waals surface area contributed by atoms with Crippen molar-refractivity contribution < 1.29 is 4.84 Å². The topological polar surface area (TPSA) is 21.3 Å². The predicted octanol–water partition coefficient (Wildman–Crippen LogP) is 0.144. The second-order valence-electron chi connectivity index (χ2n) is 1.76. The molecular formula is C6H18BNO. The summed E-state index contributed by atoms with van der Waals surface area (Å²) in [6, 6.07) is 0. The summed E-state index contributed by atoms with van der Waals surface area (Å²) >= 11 is 0. The molecule has 9 heavy (non-hydrogen) atoms. The highest BCUT2D eigenvalue weighted by Crippen LogP contribution is 1.91. The number of rotatable bonds is 5. The van der Waals surface area contributed by atoms with Gasteiger partial charge in [-0.1, -0.05) is 19.8 Å². The zero-order valence-electron chi connectivity index (χ0n) is 5.74. The van der Waals surface area contributed by atoms with Crippen LogP contribution in [0.1, 0.15) is 26.2 Å². The van der Waals surface area contributed by atoms with Gasteiger partial charge in [-0.25, -0.2) is 5.48 Å². The Hall–Kier alpha value is -0.0151. The van der Waals surface area contributed by atoms with Crippen molar-refractivity contribution in [3.63, 3.8) is 0 Å². The molecule has 2 nitrogen and oxygen atoms in total. The summed E-state index contributed by atoms with van der Waals surface area (Å²) in [5.74, 6) is 0. The van der Waals surface area contributed by atoms with Crippen LogP contribution in [0.25, 0.3) is 0 Å². The third-order valence-electron chi connectivity index (χ3n) is 0.994. The molecule has 0 atom stereocenters. The van der Waals surface area contributed by atoms with Gasteiger partial charge in [-0.2, -0.15) is 0 Å². The molecule has 0 bridgehead atoms. The molecule has 1 N–H and O–H groups in total. The van der Waals surface area contributed by atoms with E-state index in [-0.39, 0.29) is 8.41 Å². The molecule has 0 aliphatic rings. The first-order valence-corrected chi connectivity index (χ1v) is 3.20. The molecule has 0 rings (SSSR count). The lowest BCUT2D eigenvalue weighted by atomic mass is 10.3. The van der Waals surface area contributed by atoms with Crippen molar-refractivity contribution in [1.82, 2.24) is 5.48 Å². The minimum absolute atomic E-state index is 0. The van der Waals surface area contributed by atoms with Crippen molar-refractivity contribution >= 4 is 8.41 Å². The monoisotopic (exact) mass is 131 g/mol. The third kappa shape index (κ3) is 11.5. The molecule has 0 aliphatic carbocycles. The van der Waals surface area contributed by atoms with Gasteiger partial charge in [0.1, 0.15) is 0 Å².